The van der Waals surface area contributed by atoms with E-state index < -0.39 is 27.8 Å². The summed E-state index contributed by atoms with van der Waals surface area (Å²) in [7, 11) is 0. The van der Waals surface area contributed by atoms with Gasteiger partial charge in [-0.3, -0.25) is 0 Å². The van der Waals surface area contributed by atoms with Gasteiger partial charge in [-0.15, -0.1) is 0 Å². The standard InChI is InChI=1S/C17H11N2O3.Ga/c18-17(20)16(10-19(21)22)14-7-3-6-13-8-11-4-1-2-5-12(11)9-15(13)14;/h1-6,9H,8H2,(H2,18,20);. The van der Waals surface area contributed by atoms with E-state index in [2.05, 4.69) is 6.07 Å². The fourth-order valence-corrected chi connectivity index (χ4v) is 6.41. The molecule has 4 rings (SSSR count). The molecule has 1 heterocycles. The van der Waals surface area contributed by atoms with E-state index >= 15 is 0 Å². The molecule has 0 fully saturated rings. The molecule has 0 atom stereocenters. The normalized spacial score (nSPS) is 13.9. The maximum absolute atomic E-state index is 11.9. The third-order valence-electron chi connectivity index (χ3n) is 4.35. The van der Waals surface area contributed by atoms with Crippen LogP contribution in [-0.4, -0.2) is 32.0 Å². The maximum atomic E-state index is 11.9. The molecular formula is C17H11GaN2O3. The number of amides is 1. The zero-order chi connectivity index (χ0) is 16.1. The van der Waals surface area contributed by atoms with E-state index in [-0.39, 0.29) is 9.76 Å². The Kier molecular flexibility index (Phi) is 3.10. The topological polar surface area (TPSA) is 86.2 Å². The summed E-state index contributed by atoms with van der Waals surface area (Å²) >= 11 is -1.46. The summed E-state index contributed by atoms with van der Waals surface area (Å²) in [5.41, 5.74) is 9.00. The third kappa shape index (κ3) is 2.10. The van der Waals surface area contributed by atoms with Gasteiger partial charge in [0.2, 0.25) is 0 Å². The van der Waals surface area contributed by atoms with Gasteiger partial charge in [-0.1, -0.05) is 0 Å². The molecule has 0 unspecified atom stereocenters. The number of rotatable bonds is 2. The number of carbonyl (C=O) groups excluding carboxylic acids is 1. The molecule has 0 aromatic heterocycles. The van der Waals surface area contributed by atoms with Gasteiger partial charge in [-0.2, -0.15) is 0 Å². The number of fused-ring (bicyclic) bond motifs is 4. The molecule has 2 aromatic rings. The number of hydrogen-bond acceptors (Lipinski definition) is 3. The molecule has 2 aromatic carbocycles. The van der Waals surface area contributed by atoms with Crippen molar-refractivity contribution >= 4 is 42.8 Å². The van der Waals surface area contributed by atoms with E-state index in [1.54, 1.807) is 0 Å². The molecule has 5 nitrogen and oxygen atoms in total. The number of carbonyl (C=O) groups is 1. The number of primary amides is 1. The van der Waals surface area contributed by atoms with Gasteiger partial charge in [0, 0.05) is 0 Å². The Morgan fingerprint density at radius 1 is 1.17 bits per heavy atom. The molecule has 0 bridgehead atoms. The van der Waals surface area contributed by atoms with Crippen LogP contribution in [0, 0.1) is 10.1 Å². The average molecular weight is 361 g/mol. The third-order valence-corrected chi connectivity index (χ3v) is 7.63. The zero-order valence-electron chi connectivity index (χ0n) is 12.1. The quantitative estimate of drug-likeness (QED) is 0.354. The van der Waals surface area contributed by atoms with Crippen LogP contribution >= 0.6 is 0 Å². The number of nitrogens with two attached hydrogens (primary N) is 1. The van der Waals surface area contributed by atoms with Crippen molar-refractivity contribution in [2.75, 3.05) is 0 Å². The molecule has 1 aliphatic heterocycles. The second-order valence-electron chi connectivity index (χ2n) is 5.65. The molecule has 110 valence electrons. The first-order valence-electron chi connectivity index (χ1n) is 7.18. The van der Waals surface area contributed by atoms with Crippen LogP contribution in [0.2, 0.25) is 0 Å². The number of benzene rings is 2. The van der Waals surface area contributed by atoms with Crippen LogP contribution in [0.4, 0.5) is 0 Å². The van der Waals surface area contributed by atoms with E-state index in [1.165, 1.54) is 5.56 Å². The van der Waals surface area contributed by atoms with Crippen LogP contribution in [0.15, 0.2) is 36.4 Å². The van der Waals surface area contributed by atoms with Crippen LogP contribution in [-0.2, 0) is 11.2 Å². The first-order valence-corrected chi connectivity index (χ1v) is 9.60. The van der Waals surface area contributed by atoms with E-state index in [4.69, 9.17) is 5.73 Å². The molecule has 0 saturated heterocycles. The zero-order valence-corrected chi connectivity index (χ0v) is 14.5. The first kappa shape index (κ1) is 14.2. The van der Waals surface area contributed by atoms with Crippen LogP contribution in [0.3, 0.4) is 0 Å². The summed E-state index contributed by atoms with van der Waals surface area (Å²) in [6, 6.07) is 12.0. The van der Waals surface area contributed by atoms with Crippen molar-refractivity contribution in [1.29, 1.82) is 0 Å². The van der Waals surface area contributed by atoms with E-state index in [9.17, 15) is 14.9 Å². The molecule has 23 heavy (non-hydrogen) atoms. The second kappa shape index (κ2) is 5.04. The van der Waals surface area contributed by atoms with Gasteiger partial charge in [0.25, 0.3) is 0 Å². The summed E-state index contributed by atoms with van der Waals surface area (Å²) < 4.78 is 1.00. The molecule has 0 spiro atoms. The van der Waals surface area contributed by atoms with Crippen molar-refractivity contribution in [2.24, 2.45) is 5.73 Å². The van der Waals surface area contributed by atoms with E-state index in [0.717, 1.165) is 26.9 Å². The van der Waals surface area contributed by atoms with Gasteiger partial charge < -0.3 is 0 Å². The molecule has 0 radical (unpaired) electrons. The van der Waals surface area contributed by atoms with Gasteiger partial charge in [-0.25, -0.2) is 0 Å². The molecule has 0 saturated carbocycles. The van der Waals surface area contributed by atoms with Crippen molar-refractivity contribution in [3.8, 4) is 0 Å². The minimum absolute atomic E-state index is 0.0527. The molecule has 2 N–H and O–H groups in total. The summed E-state index contributed by atoms with van der Waals surface area (Å²) in [6.45, 7) is 0. The summed E-state index contributed by atoms with van der Waals surface area (Å²) in [5, 5.41) is 12.9. The Balaban J connectivity index is 2.14. The van der Waals surface area contributed by atoms with Gasteiger partial charge in [0.1, 0.15) is 0 Å². The van der Waals surface area contributed by atoms with Crippen molar-refractivity contribution in [2.45, 2.75) is 6.42 Å². The van der Waals surface area contributed by atoms with Crippen LogP contribution in [0.1, 0.15) is 16.7 Å². The SMILES string of the molecule is NC(=O)C1=c2[c](ccc3c2=Cc2ccccc2C3)[Ga]=[C]1[N+](=O)[O-]. The Morgan fingerprint density at radius 2 is 1.96 bits per heavy atom. The number of nitrogens with zero attached hydrogens (tertiary/aromatic N) is 1. The predicted octanol–water partition coefficient (Wildman–Crippen LogP) is -1.19. The van der Waals surface area contributed by atoms with E-state index in [0.29, 0.717) is 5.22 Å². The Morgan fingerprint density at radius 3 is 2.70 bits per heavy atom. The first-order chi connectivity index (χ1) is 11.1. The van der Waals surface area contributed by atoms with Gasteiger partial charge in [0.05, 0.1) is 0 Å². The minimum atomic E-state index is -1.46. The molecule has 6 heteroatoms. The number of hydrogen-bond donors (Lipinski definition) is 1. The molecule has 1 amide bonds. The number of nitro groups is 1. The molecule has 1 aliphatic carbocycles. The van der Waals surface area contributed by atoms with Gasteiger partial charge in [0.15, 0.2) is 0 Å². The van der Waals surface area contributed by atoms with Crippen LogP contribution < -0.4 is 20.3 Å². The summed E-state index contributed by atoms with van der Waals surface area (Å²) in [4.78, 5) is 22.8. The van der Waals surface area contributed by atoms with Gasteiger partial charge >= 0.3 is 138 Å². The Labute approximate surface area is 138 Å². The van der Waals surface area contributed by atoms with Crippen LogP contribution in [0.25, 0.3) is 11.6 Å². The fourth-order valence-electron chi connectivity index (χ4n) is 3.34. The monoisotopic (exact) mass is 360 g/mol. The fraction of sp³-hybridized carbons (Fsp3) is 0.0588. The Hall–Kier alpha value is -2.44. The predicted molar refractivity (Wildman–Crippen MR) is 88.5 cm³/mol. The molecular weight excluding hydrogens is 350 g/mol. The van der Waals surface area contributed by atoms with Crippen molar-refractivity contribution < 1.29 is 9.72 Å². The van der Waals surface area contributed by atoms with E-state index in [1.807, 2.05) is 36.4 Å². The van der Waals surface area contributed by atoms with Crippen molar-refractivity contribution in [3.05, 3.63) is 73.6 Å². The Bertz CT molecular complexity index is 1050. The van der Waals surface area contributed by atoms with Crippen molar-refractivity contribution in [3.63, 3.8) is 0 Å². The van der Waals surface area contributed by atoms with Crippen LogP contribution in [0.5, 0.6) is 0 Å². The summed E-state index contributed by atoms with van der Waals surface area (Å²) in [6.07, 6.45) is 2.79. The summed E-state index contributed by atoms with van der Waals surface area (Å²) in [5.74, 6) is -0.701. The van der Waals surface area contributed by atoms with Crippen molar-refractivity contribution in [1.82, 2.24) is 0 Å². The van der Waals surface area contributed by atoms with Gasteiger partial charge in [-0.05, 0) is 0 Å². The average Bonchev–Trinajstić information content (AvgIpc) is 2.93. The second-order valence-corrected chi connectivity index (χ2v) is 8.71. The molecule has 2 aliphatic rings.